The van der Waals surface area contributed by atoms with E-state index >= 15 is 0 Å². The van der Waals surface area contributed by atoms with E-state index in [9.17, 15) is 4.79 Å². The van der Waals surface area contributed by atoms with Gasteiger partial charge in [-0.15, -0.1) is 0 Å². The minimum absolute atomic E-state index is 0.241. The molecule has 0 spiro atoms. The minimum atomic E-state index is -0.241. The Labute approximate surface area is 143 Å². The summed E-state index contributed by atoms with van der Waals surface area (Å²) in [6, 6.07) is 17.9. The van der Waals surface area contributed by atoms with Gasteiger partial charge in [0.1, 0.15) is 0 Å². The number of urea groups is 1. The average molecular weight is 343 g/mol. The number of carbonyl (C=O) groups excluding carboxylic acids is 1. The lowest BCUT2D eigenvalue weighted by atomic mass is 10.0. The van der Waals surface area contributed by atoms with E-state index in [1.807, 2.05) is 42.5 Å². The molecule has 0 unspecified atom stereocenters. The van der Waals surface area contributed by atoms with Crippen LogP contribution in [-0.2, 0) is 0 Å². The van der Waals surface area contributed by atoms with Crippen LogP contribution in [0.25, 0.3) is 10.2 Å². The molecule has 1 atom stereocenters. The van der Waals surface area contributed by atoms with E-state index in [0.717, 1.165) is 16.0 Å². The van der Waals surface area contributed by atoms with Crippen LogP contribution in [0.2, 0.25) is 0 Å². The lowest BCUT2D eigenvalue weighted by Crippen LogP contribution is -2.23. The maximum atomic E-state index is 11.9. The van der Waals surface area contributed by atoms with E-state index in [-0.39, 0.29) is 6.03 Å². The number of amides is 2. The van der Waals surface area contributed by atoms with E-state index in [2.05, 4.69) is 34.1 Å². The van der Waals surface area contributed by atoms with Gasteiger partial charge in [0, 0.05) is 5.75 Å². The van der Waals surface area contributed by atoms with Crippen LogP contribution in [0.5, 0.6) is 0 Å². The summed E-state index contributed by atoms with van der Waals surface area (Å²) < 4.78 is 3.87. The first-order valence-corrected chi connectivity index (χ1v) is 9.12. The number of thiazole rings is 1. The Balaban J connectivity index is 1.48. The van der Waals surface area contributed by atoms with Crippen LogP contribution < -0.4 is 10.0 Å². The molecule has 2 amide bonds. The molecule has 0 fully saturated rings. The molecule has 3 aromatic rings. The molecular formula is C17H17N3OS2. The number of rotatable bonds is 5. The molecule has 1 aromatic heterocycles. The number of fused-ring (bicyclic) bond motifs is 1. The molecule has 6 heteroatoms. The lowest BCUT2D eigenvalue weighted by molar-refractivity contribution is 0.257. The van der Waals surface area contributed by atoms with Crippen molar-refractivity contribution in [3.63, 3.8) is 0 Å². The first-order chi connectivity index (χ1) is 11.2. The molecule has 118 valence electrons. The van der Waals surface area contributed by atoms with Crippen LogP contribution in [0.4, 0.5) is 9.93 Å². The van der Waals surface area contributed by atoms with Crippen molar-refractivity contribution in [3.8, 4) is 0 Å². The van der Waals surface area contributed by atoms with Gasteiger partial charge in [0.2, 0.25) is 0 Å². The Hall–Kier alpha value is -2.05. The first kappa shape index (κ1) is 15.8. The highest BCUT2D eigenvalue weighted by Gasteiger charge is 2.09. The van der Waals surface area contributed by atoms with Crippen molar-refractivity contribution in [1.82, 2.24) is 9.71 Å². The second kappa shape index (κ2) is 7.48. The molecule has 0 aliphatic heterocycles. The molecule has 23 heavy (non-hydrogen) atoms. The standard InChI is InChI=1S/C17H17N3OS2/c1-12(13-7-3-2-4-8-13)11-22-20-16(21)19-17-18-14-9-5-6-10-15(14)23-17/h2-10,12H,11H2,1H3,(H2,18,19,20,21)/t12-/m0/s1. The van der Waals surface area contributed by atoms with E-state index in [4.69, 9.17) is 0 Å². The molecule has 0 aliphatic rings. The molecule has 3 rings (SSSR count). The zero-order valence-electron chi connectivity index (χ0n) is 12.7. The van der Waals surface area contributed by atoms with Crippen molar-refractivity contribution in [2.75, 3.05) is 11.1 Å². The number of nitrogens with one attached hydrogen (secondary N) is 2. The third-order valence-electron chi connectivity index (χ3n) is 3.38. The molecule has 1 heterocycles. The maximum Gasteiger partial charge on any atom is 0.331 e. The van der Waals surface area contributed by atoms with Crippen LogP contribution in [-0.4, -0.2) is 16.8 Å². The van der Waals surface area contributed by atoms with Crippen LogP contribution >= 0.6 is 23.3 Å². The SMILES string of the molecule is C[C@@H](CSNC(=O)Nc1nc2ccccc2s1)c1ccccc1. The summed E-state index contributed by atoms with van der Waals surface area (Å²) in [6.45, 7) is 2.15. The van der Waals surface area contributed by atoms with Gasteiger partial charge in [0.25, 0.3) is 0 Å². The molecule has 0 saturated carbocycles. The Morgan fingerprint density at radius 3 is 2.70 bits per heavy atom. The fourth-order valence-corrected chi connectivity index (χ4v) is 3.73. The predicted octanol–water partition coefficient (Wildman–Crippen LogP) is 4.87. The third-order valence-corrected chi connectivity index (χ3v) is 5.33. The van der Waals surface area contributed by atoms with Crippen molar-refractivity contribution < 1.29 is 4.79 Å². The summed E-state index contributed by atoms with van der Waals surface area (Å²) in [5.74, 6) is 1.20. The summed E-state index contributed by atoms with van der Waals surface area (Å²) in [6.07, 6.45) is 0. The summed E-state index contributed by atoms with van der Waals surface area (Å²) in [5.41, 5.74) is 2.17. The smallest absolute Gasteiger partial charge is 0.283 e. The summed E-state index contributed by atoms with van der Waals surface area (Å²) in [4.78, 5) is 16.3. The van der Waals surface area contributed by atoms with Crippen molar-refractivity contribution in [1.29, 1.82) is 0 Å². The second-order valence-corrected chi connectivity index (χ2v) is 7.02. The highest BCUT2D eigenvalue weighted by Crippen LogP contribution is 2.25. The number of nitrogens with zero attached hydrogens (tertiary/aromatic N) is 1. The number of anilines is 1. The van der Waals surface area contributed by atoms with Gasteiger partial charge in [0.05, 0.1) is 10.2 Å². The zero-order chi connectivity index (χ0) is 16.1. The Morgan fingerprint density at radius 1 is 1.17 bits per heavy atom. The minimum Gasteiger partial charge on any atom is -0.283 e. The summed E-state index contributed by atoms with van der Waals surface area (Å²) in [5, 5.41) is 3.39. The highest BCUT2D eigenvalue weighted by atomic mass is 32.2. The Kier molecular flexibility index (Phi) is 5.15. The number of benzene rings is 2. The van der Waals surface area contributed by atoms with Crippen molar-refractivity contribution in [3.05, 3.63) is 60.2 Å². The zero-order valence-corrected chi connectivity index (χ0v) is 14.3. The van der Waals surface area contributed by atoms with Crippen molar-refractivity contribution >= 4 is 44.7 Å². The third kappa shape index (κ3) is 4.24. The van der Waals surface area contributed by atoms with Gasteiger partial charge in [-0.25, -0.2) is 9.78 Å². The first-order valence-electron chi connectivity index (χ1n) is 7.31. The molecule has 0 radical (unpaired) electrons. The predicted molar refractivity (Wildman–Crippen MR) is 99.1 cm³/mol. The number of aromatic nitrogens is 1. The molecule has 0 saturated heterocycles. The fourth-order valence-electron chi connectivity index (χ4n) is 2.16. The van der Waals surface area contributed by atoms with Gasteiger partial charge < -0.3 is 0 Å². The van der Waals surface area contributed by atoms with Crippen LogP contribution in [0.15, 0.2) is 54.6 Å². The van der Waals surface area contributed by atoms with Gasteiger partial charge in [-0.3, -0.25) is 10.0 Å². The molecule has 2 N–H and O–H groups in total. The highest BCUT2D eigenvalue weighted by molar-refractivity contribution is 7.97. The normalized spacial score (nSPS) is 12.0. The number of para-hydroxylation sites is 1. The second-order valence-electron chi connectivity index (χ2n) is 5.17. The quantitative estimate of drug-likeness (QED) is 0.650. The van der Waals surface area contributed by atoms with E-state index in [1.54, 1.807) is 0 Å². The molecule has 0 bridgehead atoms. The largest absolute Gasteiger partial charge is 0.331 e. The van der Waals surface area contributed by atoms with Gasteiger partial charge in [0.15, 0.2) is 5.13 Å². The topological polar surface area (TPSA) is 54.0 Å². The number of hydrogen-bond acceptors (Lipinski definition) is 4. The summed E-state index contributed by atoms with van der Waals surface area (Å²) in [7, 11) is 0. The summed E-state index contributed by atoms with van der Waals surface area (Å²) >= 11 is 2.88. The van der Waals surface area contributed by atoms with Gasteiger partial charge >= 0.3 is 6.03 Å². The van der Waals surface area contributed by atoms with Crippen LogP contribution in [0.3, 0.4) is 0 Å². The van der Waals surface area contributed by atoms with Crippen molar-refractivity contribution in [2.24, 2.45) is 0 Å². The van der Waals surface area contributed by atoms with E-state index in [1.165, 1.54) is 28.8 Å². The monoisotopic (exact) mass is 343 g/mol. The van der Waals surface area contributed by atoms with Gasteiger partial charge in [-0.2, -0.15) is 0 Å². The van der Waals surface area contributed by atoms with Crippen LogP contribution in [0, 0.1) is 0 Å². The lowest BCUT2D eigenvalue weighted by Gasteiger charge is -2.11. The average Bonchev–Trinajstić information content (AvgIpc) is 2.97. The maximum absolute atomic E-state index is 11.9. The van der Waals surface area contributed by atoms with Crippen molar-refractivity contribution in [2.45, 2.75) is 12.8 Å². The molecule has 2 aromatic carbocycles. The van der Waals surface area contributed by atoms with Gasteiger partial charge in [-0.05, 0) is 35.6 Å². The molecular weight excluding hydrogens is 326 g/mol. The van der Waals surface area contributed by atoms with Gasteiger partial charge in [-0.1, -0.05) is 60.7 Å². The van der Waals surface area contributed by atoms with Crippen LogP contribution in [0.1, 0.15) is 18.4 Å². The molecule has 0 aliphatic carbocycles. The fraction of sp³-hybridized carbons (Fsp3) is 0.176. The van der Waals surface area contributed by atoms with E-state index in [0.29, 0.717) is 11.0 Å². The molecule has 4 nitrogen and oxygen atoms in total. The Morgan fingerprint density at radius 2 is 1.91 bits per heavy atom. The number of carbonyl (C=O) groups is 1. The van der Waals surface area contributed by atoms with E-state index < -0.39 is 0 Å². The number of hydrogen-bond donors (Lipinski definition) is 2. The Bertz CT molecular complexity index is 756.